The van der Waals surface area contributed by atoms with Gasteiger partial charge in [0.25, 0.3) is 14.4 Å². The van der Waals surface area contributed by atoms with Crippen molar-refractivity contribution in [1.29, 1.82) is 0 Å². The van der Waals surface area contributed by atoms with Crippen LogP contribution in [-0.4, -0.2) is 103 Å². The second kappa shape index (κ2) is 12.5. The number of fused-ring (bicyclic) bond motifs is 1. The van der Waals surface area contributed by atoms with E-state index in [9.17, 15) is 29.7 Å². The molecule has 0 radical (unpaired) electrons. The summed E-state index contributed by atoms with van der Waals surface area (Å²) in [4.78, 5) is 39.3. The van der Waals surface area contributed by atoms with Gasteiger partial charge in [-0.1, -0.05) is 11.8 Å². The van der Waals surface area contributed by atoms with Crippen molar-refractivity contribution in [1.82, 2.24) is 20.0 Å². The molecule has 9 N–H and O–H groups in total. The molecule has 0 spiro atoms. The van der Waals surface area contributed by atoms with Crippen LogP contribution in [0.2, 0.25) is 0 Å². The van der Waals surface area contributed by atoms with E-state index in [1.165, 1.54) is 17.8 Å². The van der Waals surface area contributed by atoms with Gasteiger partial charge in [-0.15, -0.1) is 0 Å². The molecule has 3 rings (SSSR count). The van der Waals surface area contributed by atoms with E-state index in [1.807, 2.05) is 0 Å². The number of imidazole rings is 1. The molecule has 0 saturated carbocycles. The minimum atomic E-state index is -1.98. The fourth-order valence-corrected chi connectivity index (χ4v) is 5.53. The van der Waals surface area contributed by atoms with Crippen molar-refractivity contribution in [2.24, 2.45) is 11.1 Å². The highest BCUT2D eigenvalue weighted by Crippen LogP contribution is 2.42. The van der Waals surface area contributed by atoms with Crippen LogP contribution < -0.4 is 21.5 Å². The lowest BCUT2D eigenvalue weighted by molar-refractivity contribution is -0.135. The van der Waals surface area contributed by atoms with Crippen LogP contribution in [0.25, 0.3) is 0 Å². The maximum Gasteiger partial charge on any atom is 0.317 e. The van der Waals surface area contributed by atoms with Gasteiger partial charge in [-0.3, -0.25) is 24.7 Å². The predicted octanol–water partition coefficient (Wildman–Crippen LogP) is -1.50. The number of carbonyl (C=O) groups excluding carboxylic acids is 2. The summed E-state index contributed by atoms with van der Waals surface area (Å²) < 4.78 is 18.5. The summed E-state index contributed by atoms with van der Waals surface area (Å²) in [6.07, 6.45) is -3.32. The average Bonchev–Trinajstić information content (AvgIpc) is 3.35. The van der Waals surface area contributed by atoms with Gasteiger partial charge in [0.15, 0.2) is 23.3 Å². The van der Waals surface area contributed by atoms with E-state index < -0.39 is 62.7 Å². The van der Waals surface area contributed by atoms with Crippen molar-refractivity contribution < 1.29 is 48.6 Å². The minimum Gasteiger partial charge on any atom is -0.480 e. The lowest BCUT2D eigenvalue weighted by Gasteiger charge is -2.30. The molecule has 1 aromatic heterocycles. The van der Waals surface area contributed by atoms with Crippen LogP contribution in [-0.2, 0) is 23.4 Å². The summed E-state index contributed by atoms with van der Waals surface area (Å²) in [6.45, 7) is 3.53. The zero-order valence-corrected chi connectivity index (χ0v) is 22.7. The quantitative estimate of drug-likeness (QED) is 0.0978. The number of hydrogen-bond acceptors (Lipinski definition) is 14. The van der Waals surface area contributed by atoms with E-state index in [-0.39, 0.29) is 42.2 Å². The fourth-order valence-electron chi connectivity index (χ4n) is 3.54. The van der Waals surface area contributed by atoms with Crippen molar-refractivity contribution in [3.63, 3.8) is 0 Å². The van der Waals surface area contributed by atoms with E-state index in [0.717, 1.165) is 11.8 Å². The number of aliphatic hydroxyl groups excluding tert-OH is 2. The Balaban J connectivity index is 1.62. The molecule has 3 heterocycles. The molecule has 1 aromatic rings. The summed E-state index contributed by atoms with van der Waals surface area (Å²) >= 11 is 0.965. The standard InChI is InChI=1S/C20H33N6O10PS/c1-19(2,8-27)17(32)38-5-4-34-37(23-6-11(28)29)35-7-10-13(30)20(3,33)16(36-10)26-9-22-12-14(26)24-18(21)25-15(12)31/h9-10,13,16,18,23-24,27,30,33H,4-8,21H2,1-3H3,(H,25,31)(H,28,29). The third kappa shape index (κ3) is 6.98. The summed E-state index contributed by atoms with van der Waals surface area (Å²) in [6, 6.07) is 0. The maximum absolute atomic E-state index is 12.1. The van der Waals surface area contributed by atoms with E-state index in [1.54, 1.807) is 13.8 Å². The van der Waals surface area contributed by atoms with Gasteiger partial charge in [0.05, 0.1) is 31.6 Å². The number of ether oxygens (including phenoxy) is 1. The molecule has 214 valence electrons. The molecule has 16 nitrogen and oxygen atoms in total. The number of aliphatic carboxylic acids is 1. The van der Waals surface area contributed by atoms with Gasteiger partial charge < -0.3 is 44.8 Å². The SMILES string of the molecule is CC(C)(CO)C(=O)SCCOP(NCC(=O)O)OCC1OC(n2cnc3c2NC(N)NC3=O)C(C)(O)C1O. The van der Waals surface area contributed by atoms with Gasteiger partial charge in [0.1, 0.15) is 30.2 Å². The molecule has 6 atom stereocenters. The molecule has 1 amide bonds. The number of carbonyl (C=O) groups is 3. The van der Waals surface area contributed by atoms with Crippen LogP contribution >= 0.6 is 20.3 Å². The van der Waals surface area contributed by atoms with Crippen LogP contribution in [0.4, 0.5) is 5.82 Å². The topological polar surface area (TPSA) is 240 Å². The lowest BCUT2D eigenvalue weighted by atomic mass is 9.96. The first kappa shape index (κ1) is 30.6. The van der Waals surface area contributed by atoms with Crippen molar-refractivity contribution in [3.8, 4) is 0 Å². The van der Waals surface area contributed by atoms with Crippen LogP contribution in [0.5, 0.6) is 0 Å². The van der Waals surface area contributed by atoms with E-state index in [4.69, 9.17) is 24.6 Å². The number of anilines is 1. The number of hydrogen-bond donors (Lipinski definition) is 8. The third-order valence-corrected chi connectivity index (χ3v) is 8.19. The highest BCUT2D eigenvalue weighted by atomic mass is 32.2. The Labute approximate surface area is 223 Å². The summed E-state index contributed by atoms with van der Waals surface area (Å²) in [5.41, 5.74) is 3.06. The van der Waals surface area contributed by atoms with E-state index >= 15 is 0 Å². The number of nitrogens with two attached hydrogens (primary N) is 1. The summed E-state index contributed by atoms with van der Waals surface area (Å²) in [5, 5.41) is 47.8. The Kier molecular flexibility index (Phi) is 10.1. The van der Waals surface area contributed by atoms with Crippen LogP contribution in [0.3, 0.4) is 0 Å². The Morgan fingerprint density at radius 3 is 2.76 bits per heavy atom. The van der Waals surface area contributed by atoms with Gasteiger partial charge >= 0.3 is 5.97 Å². The Hall–Kier alpha value is -1.92. The van der Waals surface area contributed by atoms with Gasteiger partial charge in [0, 0.05) is 5.75 Å². The van der Waals surface area contributed by atoms with Crippen molar-refractivity contribution >= 4 is 43.1 Å². The average molecular weight is 581 g/mol. The number of nitrogens with one attached hydrogen (secondary N) is 3. The van der Waals surface area contributed by atoms with Crippen molar-refractivity contribution in [2.75, 3.05) is 37.4 Å². The molecule has 18 heteroatoms. The predicted molar refractivity (Wildman–Crippen MR) is 135 cm³/mol. The highest BCUT2D eigenvalue weighted by Gasteiger charge is 2.54. The number of amides is 1. The first-order chi connectivity index (χ1) is 17.8. The lowest BCUT2D eigenvalue weighted by Crippen LogP contribution is -2.51. The maximum atomic E-state index is 12.1. The molecule has 0 aromatic carbocycles. The fraction of sp³-hybridized carbons (Fsp3) is 0.700. The molecule has 1 fully saturated rings. The van der Waals surface area contributed by atoms with Gasteiger partial charge in [-0.05, 0) is 20.8 Å². The number of carboxylic acid groups (broad SMARTS) is 1. The minimum absolute atomic E-state index is 0.0276. The molecular formula is C20H33N6O10PS. The van der Waals surface area contributed by atoms with E-state index in [0.29, 0.717) is 0 Å². The zero-order valence-electron chi connectivity index (χ0n) is 21.0. The molecule has 2 aliphatic heterocycles. The second-order valence-corrected chi connectivity index (χ2v) is 11.8. The Morgan fingerprint density at radius 2 is 2.11 bits per heavy atom. The molecule has 2 aliphatic rings. The first-order valence-electron chi connectivity index (χ1n) is 11.5. The zero-order chi connectivity index (χ0) is 28.3. The first-order valence-corrected chi connectivity index (χ1v) is 13.7. The summed E-state index contributed by atoms with van der Waals surface area (Å²) in [7, 11) is -1.98. The number of aliphatic hydroxyl groups is 3. The molecule has 0 bridgehead atoms. The number of aromatic nitrogens is 2. The van der Waals surface area contributed by atoms with Gasteiger partial charge in [-0.2, -0.15) is 0 Å². The summed E-state index contributed by atoms with van der Waals surface area (Å²) in [5.74, 6) is -1.24. The molecule has 1 saturated heterocycles. The number of nitrogens with zero attached hydrogens (tertiary/aromatic N) is 2. The molecule has 0 aliphatic carbocycles. The second-order valence-electron chi connectivity index (χ2n) is 9.43. The monoisotopic (exact) mass is 580 g/mol. The highest BCUT2D eigenvalue weighted by molar-refractivity contribution is 8.13. The molecule has 6 unspecified atom stereocenters. The van der Waals surface area contributed by atoms with Gasteiger partial charge in [-0.25, -0.2) is 10.1 Å². The largest absolute Gasteiger partial charge is 0.480 e. The normalized spacial score (nSPS) is 27.9. The Bertz CT molecular complexity index is 1030. The molecule has 38 heavy (non-hydrogen) atoms. The van der Waals surface area contributed by atoms with Crippen LogP contribution in [0, 0.1) is 5.41 Å². The van der Waals surface area contributed by atoms with Crippen LogP contribution in [0.1, 0.15) is 37.5 Å². The smallest absolute Gasteiger partial charge is 0.317 e. The number of thioether (sulfide) groups is 1. The number of rotatable bonds is 13. The van der Waals surface area contributed by atoms with Gasteiger partial charge in [0.2, 0.25) is 0 Å². The third-order valence-electron chi connectivity index (χ3n) is 5.78. The Morgan fingerprint density at radius 1 is 1.39 bits per heavy atom. The van der Waals surface area contributed by atoms with E-state index in [2.05, 4.69) is 20.7 Å². The number of carboxylic acids is 1. The van der Waals surface area contributed by atoms with Crippen molar-refractivity contribution in [3.05, 3.63) is 12.0 Å². The van der Waals surface area contributed by atoms with Crippen LogP contribution in [0.15, 0.2) is 6.33 Å². The molecular weight excluding hydrogens is 547 g/mol. The van der Waals surface area contributed by atoms with Crippen molar-refractivity contribution in [2.45, 2.75) is 51.1 Å².